The van der Waals surface area contributed by atoms with Gasteiger partial charge in [-0.25, -0.2) is 8.93 Å². The van der Waals surface area contributed by atoms with E-state index < -0.39 is 11.0 Å². The van der Waals surface area contributed by atoms with E-state index in [1.807, 2.05) is 32.9 Å². The van der Waals surface area contributed by atoms with Crippen LogP contribution in [0.3, 0.4) is 0 Å². The first-order valence-corrected chi connectivity index (χ1v) is 9.66. The second-order valence-corrected chi connectivity index (χ2v) is 9.57. The molecular formula is C18H26ClNO3S. The van der Waals surface area contributed by atoms with Gasteiger partial charge in [-0.15, -0.1) is 0 Å². The maximum atomic E-state index is 12.6. The van der Waals surface area contributed by atoms with Crippen molar-refractivity contribution < 1.29 is 13.8 Å². The molecule has 0 aliphatic heterocycles. The number of rotatable bonds is 5. The van der Waals surface area contributed by atoms with Crippen LogP contribution < -0.4 is 4.72 Å². The molecule has 4 nitrogen and oxygen atoms in total. The number of hydrogen-bond acceptors (Lipinski definition) is 3. The average Bonchev–Trinajstić information content (AvgIpc) is 2.46. The van der Waals surface area contributed by atoms with Crippen LogP contribution in [-0.4, -0.2) is 15.1 Å². The number of halogens is 1. The molecule has 1 N–H and O–H groups in total. The molecule has 6 heteroatoms. The number of nitrogens with one attached hydrogen (secondary N) is 1. The van der Waals surface area contributed by atoms with Crippen molar-refractivity contribution in [3.63, 3.8) is 0 Å². The molecule has 24 heavy (non-hydrogen) atoms. The van der Waals surface area contributed by atoms with E-state index in [1.165, 1.54) is 24.8 Å². The van der Waals surface area contributed by atoms with Gasteiger partial charge in [-0.2, -0.15) is 9.59 Å². The Hall–Kier alpha value is -1.00. The lowest BCUT2D eigenvalue weighted by Crippen LogP contribution is -2.46. The van der Waals surface area contributed by atoms with Gasteiger partial charge in [0, 0.05) is 5.02 Å². The van der Waals surface area contributed by atoms with Crippen LogP contribution in [0.25, 0.3) is 0 Å². The first-order valence-electron chi connectivity index (χ1n) is 8.13. The van der Waals surface area contributed by atoms with Crippen molar-refractivity contribution in [2.24, 2.45) is 5.41 Å². The summed E-state index contributed by atoms with van der Waals surface area (Å²) in [7, 11) is -1.07. The highest BCUT2D eigenvalue weighted by molar-refractivity contribution is 7.84. The smallest absolute Gasteiger partial charge is 0.242 e. The highest BCUT2D eigenvalue weighted by Gasteiger charge is 2.44. The monoisotopic (exact) mass is 371 g/mol. The molecule has 0 saturated heterocycles. The topological polar surface area (TPSA) is 63.2 Å². The van der Waals surface area contributed by atoms with Crippen LogP contribution in [-0.2, 0) is 20.6 Å². The van der Waals surface area contributed by atoms with Gasteiger partial charge in [-0.1, -0.05) is 37.1 Å². The fraction of sp³-hybridized carbons (Fsp3) is 0.611. The molecule has 0 heterocycles. The molecule has 1 saturated carbocycles. The lowest BCUT2D eigenvalue weighted by atomic mass is 9.61. The SMILES string of the molecule is CCC1([C@@H](N[S@](=O)C(C)(C)C)c2ccc(Cl)cc2)CCC1.O=C=O. The van der Waals surface area contributed by atoms with Gasteiger partial charge in [0.05, 0.1) is 21.8 Å². The Morgan fingerprint density at radius 1 is 1.25 bits per heavy atom. The van der Waals surface area contributed by atoms with Crippen molar-refractivity contribution in [2.75, 3.05) is 0 Å². The molecule has 2 atom stereocenters. The van der Waals surface area contributed by atoms with Gasteiger partial charge >= 0.3 is 6.15 Å². The zero-order valence-corrected chi connectivity index (χ0v) is 16.3. The fourth-order valence-corrected chi connectivity index (χ4v) is 4.04. The van der Waals surface area contributed by atoms with Crippen LogP contribution in [0.1, 0.15) is 65.0 Å². The largest absolute Gasteiger partial charge is 0.373 e. The average molecular weight is 372 g/mol. The molecule has 0 spiro atoms. The highest BCUT2D eigenvalue weighted by Crippen LogP contribution is 2.53. The molecule has 1 fully saturated rings. The van der Waals surface area contributed by atoms with Crippen LogP contribution in [0.5, 0.6) is 0 Å². The predicted molar refractivity (Wildman–Crippen MR) is 96.8 cm³/mol. The third kappa shape index (κ3) is 5.25. The quantitative estimate of drug-likeness (QED) is 0.832. The van der Waals surface area contributed by atoms with E-state index >= 15 is 0 Å². The summed E-state index contributed by atoms with van der Waals surface area (Å²) < 4.78 is 15.7. The van der Waals surface area contributed by atoms with E-state index in [2.05, 4.69) is 23.8 Å². The predicted octanol–water partition coefficient (Wildman–Crippen LogP) is 4.43. The molecule has 1 aromatic carbocycles. The van der Waals surface area contributed by atoms with E-state index in [1.54, 1.807) is 0 Å². The first kappa shape index (κ1) is 21.0. The Morgan fingerprint density at radius 3 is 2.08 bits per heavy atom. The summed E-state index contributed by atoms with van der Waals surface area (Å²) in [6.07, 6.45) is 5.02. The second-order valence-electron chi connectivity index (χ2n) is 7.14. The molecule has 0 bridgehead atoms. The van der Waals surface area contributed by atoms with E-state index in [9.17, 15) is 4.21 Å². The van der Waals surface area contributed by atoms with Crippen LogP contribution in [0.2, 0.25) is 5.02 Å². The van der Waals surface area contributed by atoms with Gasteiger partial charge in [0.1, 0.15) is 0 Å². The molecule has 134 valence electrons. The first-order chi connectivity index (χ1) is 11.2. The Morgan fingerprint density at radius 2 is 1.75 bits per heavy atom. The molecule has 1 aromatic rings. The maximum Gasteiger partial charge on any atom is 0.373 e. The number of hydrogen-bond donors (Lipinski definition) is 1. The summed E-state index contributed by atoms with van der Waals surface area (Å²) >= 11 is 6.01. The zero-order chi connectivity index (χ0) is 18.4. The molecule has 0 amide bonds. The van der Waals surface area contributed by atoms with Crippen LogP contribution in [0, 0.1) is 5.41 Å². The lowest BCUT2D eigenvalue weighted by Gasteiger charge is -2.48. The molecule has 1 aliphatic carbocycles. The highest BCUT2D eigenvalue weighted by atomic mass is 35.5. The summed E-state index contributed by atoms with van der Waals surface area (Å²) in [5, 5.41) is 0.744. The van der Waals surface area contributed by atoms with Gasteiger partial charge < -0.3 is 0 Å². The molecule has 0 aromatic heterocycles. The van der Waals surface area contributed by atoms with Crippen molar-refractivity contribution in [2.45, 2.75) is 64.2 Å². The van der Waals surface area contributed by atoms with E-state index in [-0.39, 0.29) is 22.4 Å². The van der Waals surface area contributed by atoms with E-state index in [4.69, 9.17) is 21.2 Å². The molecule has 0 unspecified atom stereocenters. The van der Waals surface area contributed by atoms with Crippen molar-refractivity contribution in [1.82, 2.24) is 4.72 Å². The molecule has 2 rings (SSSR count). The third-order valence-corrected chi connectivity index (χ3v) is 6.46. The Balaban J connectivity index is 0.000000891. The minimum absolute atomic E-state index is 0.133. The minimum Gasteiger partial charge on any atom is -0.242 e. The van der Waals surface area contributed by atoms with Crippen molar-refractivity contribution in [3.8, 4) is 0 Å². The number of benzene rings is 1. The Labute approximate surface area is 151 Å². The van der Waals surface area contributed by atoms with Crippen molar-refractivity contribution >= 4 is 28.7 Å². The van der Waals surface area contributed by atoms with Gasteiger partial charge in [-0.3, -0.25) is 0 Å². The standard InChI is InChI=1S/C17H26ClNOS.CO2/c1-5-17(11-6-12-17)15(19-21(20)16(2,3)4)13-7-9-14(18)10-8-13;2-1-3/h7-10,15,19H,5-6,11-12H2,1-4H3;/t15-,21+;/m0./s1. The van der Waals surface area contributed by atoms with Crippen LogP contribution >= 0.6 is 11.6 Å². The number of carbonyl (C=O) groups excluding carboxylic acids is 2. The van der Waals surface area contributed by atoms with Crippen molar-refractivity contribution in [1.29, 1.82) is 0 Å². The molecule has 1 aliphatic rings. The molecule has 0 radical (unpaired) electrons. The summed E-state index contributed by atoms with van der Waals surface area (Å²) in [6.45, 7) is 8.26. The van der Waals surface area contributed by atoms with Crippen LogP contribution in [0.15, 0.2) is 24.3 Å². The minimum atomic E-state index is -1.07. The van der Waals surface area contributed by atoms with E-state index in [0.717, 1.165) is 11.4 Å². The van der Waals surface area contributed by atoms with Crippen molar-refractivity contribution in [3.05, 3.63) is 34.9 Å². The normalized spacial score (nSPS) is 18.4. The zero-order valence-electron chi connectivity index (χ0n) is 14.7. The lowest BCUT2D eigenvalue weighted by molar-refractivity contribution is -0.191. The third-order valence-electron chi connectivity index (χ3n) is 4.65. The molecular weight excluding hydrogens is 346 g/mol. The maximum absolute atomic E-state index is 12.6. The Kier molecular flexibility index (Phi) is 7.81. The van der Waals surface area contributed by atoms with Gasteiger partial charge in [0.15, 0.2) is 0 Å². The Bertz CT molecular complexity index is 580. The summed E-state index contributed by atoms with van der Waals surface area (Å²) in [5.41, 5.74) is 1.42. The fourth-order valence-electron chi connectivity index (χ4n) is 2.96. The van der Waals surface area contributed by atoms with E-state index in [0.29, 0.717) is 0 Å². The van der Waals surface area contributed by atoms with Gasteiger partial charge in [0.25, 0.3) is 0 Å². The van der Waals surface area contributed by atoms with Gasteiger partial charge in [-0.05, 0) is 63.1 Å². The van der Waals surface area contributed by atoms with Gasteiger partial charge in [0.2, 0.25) is 0 Å². The second kappa shape index (κ2) is 8.91. The summed E-state index contributed by atoms with van der Waals surface area (Å²) in [5.74, 6) is 0. The summed E-state index contributed by atoms with van der Waals surface area (Å²) in [6, 6.07) is 8.11. The van der Waals surface area contributed by atoms with Crippen LogP contribution in [0.4, 0.5) is 0 Å². The summed E-state index contributed by atoms with van der Waals surface area (Å²) in [4.78, 5) is 16.2.